The summed E-state index contributed by atoms with van der Waals surface area (Å²) in [6.45, 7) is 6.73. The van der Waals surface area contributed by atoms with Gasteiger partial charge in [0.15, 0.2) is 0 Å². The van der Waals surface area contributed by atoms with E-state index in [9.17, 15) is 0 Å². The first-order valence-electron chi connectivity index (χ1n) is 14.6. The smallest absolute Gasteiger partial charge is 0.390 e. The minimum absolute atomic E-state index is 0. The molecule has 2 aromatic heterocycles. The van der Waals surface area contributed by atoms with Crippen LogP contribution in [0.3, 0.4) is 0 Å². The molecule has 0 amide bonds. The molecule has 216 valence electrons. The van der Waals surface area contributed by atoms with E-state index in [-0.39, 0.29) is 25.5 Å². The van der Waals surface area contributed by atoms with Gasteiger partial charge in [0.1, 0.15) is 5.52 Å². The fraction of sp³-hybridized carbons (Fsp3) is 0.128. The maximum absolute atomic E-state index is 4.22. The number of imidazole rings is 1. The Kier molecular flexibility index (Phi) is 7.94. The second kappa shape index (κ2) is 11.8. The van der Waals surface area contributed by atoms with Gasteiger partial charge in [-0.3, -0.25) is 4.57 Å². The number of pyridine rings is 1. The molecule has 44 heavy (non-hydrogen) atoms. The normalized spacial score (nSPS) is 11.9. The fourth-order valence-electron chi connectivity index (χ4n) is 5.65. The molecule has 0 saturated heterocycles. The molecule has 0 saturated carbocycles. The van der Waals surface area contributed by atoms with Crippen molar-refractivity contribution in [3.05, 3.63) is 145 Å². The van der Waals surface area contributed by atoms with Gasteiger partial charge < -0.3 is 14.5 Å². The third-order valence-electron chi connectivity index (χ3n) is 7.99. The molecule has 1 aliphatic rings. The van der Waals surface area contributed by atoms with E-state index in [0.29, 0.717) is 0 Å². The van der Waals surface area contributed by atoms with E-state index in [1.807, 2.05) is 42.5 Å². The number of fused-ring (bicyclic) bond motifs is 3. The molecule has 0 bridgehead atoms. The van der Waals surface area contributed by atoms with Crippen LogP contribution in [0.4, 0.5) is 11.4 Å². The van der Waals surface area contributed by atoms with Gasteiger partial charge >= 0.3 is 20.1 Å². The average molecular weight is 749 g/mol. The van der Waals surface area contributed by atoms with Gasteiger partial charge in [-0.05, 0) is 46.6 Å². The molecule has 0 spiro atoms. The fourth-order valence-corrected chi connectivity index (χ4v) is 5.65. The van der Waals surface area contributed by atoms with E-state index in [4.69, 9.17) is 0 Å². The standard InChI is InChI=1S/C28H24N3.C11H8N.Ir/c1-28(2,3)21-12-14-22(15-13-21)30-18-31-26-17-20-9-6-5-8-19(20)16-25(26)29(4)23-10-7-11-24(30)27(23)31;1-2-6-10(7-3-1)11-8-4-5-9-12-11;/h5-16H,1-4H3;1-6,8-9H;/q2*-1;+3. The predicted octanol–water partition coefficient (Wildman–Crippen LogP) is 8.59. The van der Waals surface area contributed by atoms with Crippen molar-refractivity contribution >= 4 is 33.2 Å². The number of benzene rings is 5. The van der Waals surface area contributed by atoms with E-state index >= 15 is 0 Å². The number of anilines is 2. The molecule has 0 radical (unpaired) electrons. The predicted molar refractivity (Wildman–Crippen MR) is 175 cm³/mol. The summed E-state index contributed by atoms with van der Waals surface area (Å²) in [6.07, 6.45) is 5.41. The molecule has 4 nitrogen and oxygen atoms in total. The minimum atomic E-state index is 0. The van der Waals surface area contributed by atoms with Crippen LogP contribution >= 0.6 is 0 Å². The number of hydrogen-bond donors (Lipinski definition) is 0. The van der Waals surface area contributed by atoms with Gasteiger partial charge in [0.25, 0.3) is 6.33 Å². The summed E-state index contributed by atoms with van der Waals surface area (Å²) in [5.41, 5.74) is 10.2. The topological polar surface area (TPSA) is 24.9 Å². The summed E-state index contributed by atoms with van der Waals surface area (Å²) >= 11 is 0. The Balaban J connectivity index is 0.000000222. The van der Waals surface area contributed by atoms with E-state index < -0.39 is 0 Å². The van der Waals surface area contributed by atoms with Crippen LogP contribution in [0.15, 0.2) is 121 Å². The zero-order chi connectivity index (χ0) is 29.6. The second-order valence-corrected chi connectivity index (χ2v) is 11.9. The molecule has 7 aromatic rings. The number of nitrogens with zero attached hydrogens (tertiary/aromatic N) is 4. The monoisotopic (exact) mass is 749 g/mol. The van der Waals surface area contributed by atoms with Crippen molar-refractivity contribution in [2.24, 2.45) is 0 Å². The summed E-state index contributed by atoms with van der Waals surface area (Å²) in [7, 11) is 2.13. The molecule has 0 aliphatic carbocycles. The summed E-state index contributed by atoms with van der Waals surface area (Å²) in [4.78, 5) is 6.48. The summed E-state index contributed by atoms with van der Waals surface area (Å²) in [5.74, 6) is 0. The third-order valence-corrected chi connectivity index (χ3v) is 7.99. The van der Waals surface area contributed by atoms with Crippen LogP contribution < -0.4 is 9.47 Å². The van der Waals surface area contributed by atoms with Crippen molar-refractivity contribution in [3.8, 4) is 22.6 Å². The molecule has 5 heteroatoms. The molecule has 1 aliphatic heterocycles. The Bertz CT molecular complexity index is 2020. The van der Waals surface area contributed by atoms with Crippen molar-refractivity contribution in [2.75, 3.05) is 11.9 Å². The molecule has 0 atom stereocenters. The van der Waals surface area contributed by atoms with Crippen LogP contribution in [0.5, 0.6) is 0 Å². The van der Waals surface area contributed by atoms with Crippen LogP contribution in [0.25, 0.3) is 44.4 Å². The Morgan fingerprint density at radius 1 is 0.773 bits per heavy atom. The van der Waals surface area contributed by atoms with E-state index in [1.165, 1.54) is 16.6 Å². The second-order valence-electron chi connectivity index (χ2n) is 11.9. The molecule has 0 N–H and O–H groups in total. The largest absolute Gasteiger partial charge is 3.00 e. The first kappa shape index (κ1) is 29.5. The van der Waals surface area contributed by atoms with Gasteiger partial charge in [0.05, 0.1) is 11.2 Å². The first-order chi connectivity index (χ1) is 20.9. The van der Waals surface area contributed by atoms with Gasteiger partial charge in [-0.2, -0.15) is 0 Å². The molecule has 3 heterocycles. The molecular formula is C39H32IrN4+. The number of hydrogen-bond acceptors (Lipinski definition) is 2. The van der Waals surface area contributed by atoms with Crippen molar-refractivity contribution in [2.45, 2.75) is 26.2 Å². The maximum Gasteiger partial charge on any atom is 3.00 e. The Morgan fingerprint density at radius 3 is 2.27 bits per heavy atom. The van der Waals surface area contributed by atoms with Gasteiger partial charge in [-0.25, -0.2) is 0 Å². The van der Waals surface area contributed by atoms with Crippen LogP contribution in [-0.4, -0.2) is 16.6 Å². The summed E-state index contributed by atoms with van der Waals surface area (Å²) in [6, 6.07) is 46.4. The van der Waals surface area contributed by atoms with Gasteiger partial charge in [0, 0.05) is 24.6 Å². The summed E-state index contributed by atoms with van der Waals surface area (Å²) < 4.78 is 4.33. The van der Waals surface area contributed by atoms with Crippen LogP contribution in [-0.2, 0) is 25.5 Å². The van der Waals surface area contributed by atoms with Crippen LogP contribution in [0.1, 0.15) is 26.3 Å². The number of aromatic nitrogens is 3. The number of rotatable bonds is 2. The van der Waals surface area contributed by atoms with Gasteiger partial charge in [0.2, 0.25) is 0 Å². The summed E-state index contributed by atoms with van der Waals surface area (Å²) in [5, 5.41) is 2.31. The van der Waals surface area contributed by atoms with Crippen LogP contribution in [0, 0.1) is 18.5 Å². The minimum Gasteiger partial charge on any atom is -0.390 e. The first-order valence-corrected chi connectivity index (χ1v) is 14.6. The quantitative estimate of drug-likeness (QED) is 0.131. The Morgan fingerprint density at radius 2 is 1.55 bits per heavy atom. The van der Waals surface area contributed by atoms with Gasteiger partial charge in [-0.15, -0.1) is 70.9 Å². The SMILES string of the molecule is CN1c2cc3ccccc3[c-]c2-[n+]2[c-]n(-c3ccc(C(C)(C)C)cc3)c3cccc1c32.[Ir+3].[c-]1ccccc1-c1ccccn1. The average Bonchev–Trinajstić information content (AvgIpc) is 3.44. The third kappa shape index (κ3) is 5.34. The van der Waals surface area contributed by atoms with E-state index in [2.05, 4.69) is 138 Å². The molecule has 5 aromatic carbocycles. The zero-order valence-corrected chi connectivity index (χ0v) is 27.6. The zero-order valence-electron chi connectivity index (χ0n) is 25.2. The van der Waals surface area contributed by atoms with E-state index in [1.54, 1.807) is 6.20 Å². The molecule has 8 rings (SSSR count). The van der Waals surface area contributed by atoms with Gasteiger partial charge in [-0.1, -0.05) is 69.3 Å². The van der Waals surface area contributed by atoms with Crippen molar-refractivity contribution in [1.82, 2.24) is 9.55 Å². The maximum atomic E-state index is 4.22. The molecule has 0 fully saturated rings. The molecular weight excluding hydrogens is 717 g/mol. The Hall–Kier alpha value is -4.57. The van der Waals surface area contributed by atoms with Crippen molar-refractivity contribution in [1.29, 1.82) is 0 Å². The number of para-hydroxylation sites is 1. The Labute approximate surface area is 272 Å². The van der Waals surface area contributed by atoms with Crippen molar-refractivity contribution in [3.63, 3.8) is 0 Å². The van der Waals surface area contributed by atoms with E-state index in [0.717, 1.165) is 44.7 Å². The van der Waals surface area contributed by atoms with Crippen molar-refractivity contribution < 1.29 is 24.7 Å². The van der Waals surface area contributed by atoms with Crippen LogP contribution in [0.2, 0.25) is 0 Å². The molecule has 0 unspecified atom stereocenters.